The van der Waals surface area contributed by atoms with E-state index in [0.717, 1.165) is 23.1 Å². The molecule has 1 aromatic heterocycles. The number of benzene rings is 3. The average Bonchev–Trinajstić information content (AvgIpc) is 3.21. The molecule has 8 heteroatoms. The summed E-state index contributed by atoms with van der Waals surface area (Å²) >= 11 is 1.17. The summed E-state index contributed by atoms with van der Waals surface area (Å²) in [4.78, 5) is 5.50. The normalized spacial score (nSPS) is 11.9. The van der Waals surface area contributed by atoms with Crippen molar-refractivity contribution in [3.63, 3.8) is 0 Å². The third-order valence-corrected chi connectivity index (χ3v) is 8.38. The van der Waals surface area contributed by atoms with E-state index in [1.54, 1.807) is 24.3 Å². The molecular weight excluding hydrogens is 507 g/mol. The molecule has 194 valence electrons. The number of hydrogen-bond donors (Lipinski definition) is 1. The minimum atomic E-state index is -3.84. The lowest BCUT2D eigenvalue weighted by molar-refractivity contribution is 0.242. The molecule has 0 saturated carbocycles. The van der Waals surface area contributed by atoms with E-state index in [9.17, 15) is 12.8 Å². The number of nitrogens with zero attached hydrogens (tertiary/aromatic N) is 1. The maximum atomic E-state index is 14.8. The lowest BCUT2D eigenvalue weighted by Crippen LogP contribution is -2.12. The van der Waals surface area contributed by atoms with Crippen molar-refractivity contribution in [1.82, 2.24) is 4.98 Å². The molecule has 0 aliphatic rings. The first-order valence-electron chi connectivity index (χ1n) is 12.0. The Kier molecular flexibility index (Phi) is 7.71. The number of sulfonamides is 1. The van der Waals surface area contributed by atoms with Gasteiger partial charge in [-0.2, -0.15) is 0 Å². The summed E-state index contributed by atoms with van der Waals surface area (Å²) in [5.41, 5.74) is 4.12. The van der Waals surface area contributed by atoms with Crippen molar-refractivity contribution in [2.45, 2.75) is 45.9 Å². The van der Waals surface area contributed by atoms with Gasteiger partial charge < -0.3 is 4.74 Å². The Labute approximate surface area is 222 Å². The zero-order valence-corrected chi connectivity index (χ0v) is 23.3. The fourth-order valence-electron chi connectivity index (χ4n) is 3.94. The highest BCUT2D eigenvalue weighted by Crippen LogP contribution is 2.43. The molecular formula is C29H31FN2O3S2. The van der Waals surface area contributed by atoms with Crippen LogP contribution in [0.5, 0.6) is 5.75 Å². The Balaban J connectivity index is 1.79. The number of halogens is 1. The molecule has 4 rings (SSSR count). The number of aromatic nitrogens is 1. The summed E-state index contributed by atoms with van der Waals surface area (Å²) in [7, 11) is -3.84. The van der Waals surface area contributed by atoms with E-state index in [2.05, 4.69) is 25.5 Å². The Bertz CT molecular complexity index is 1490. The third kappa shape index (κ3) is 6.56. The van der Waals surface area contributed by atoms with E-state index in [1.165, 1.54) is 35.6 Å². The molecule has 0 saturated heterocycles. The Hall–Kier alpha value is -3.23. The maximum Gasteiger partial charge on any atom is 0.263 e. The smallest absolute Gasteiger partial charge is 0.263 e. The van der Waals surface area contributed by atoms with Gasteiger partial charge in [0.05, 0.1) is 22.1 Å². The van der Waals surface area contributed by atoms with Crippen molar-refractivity contribution in [3.05, 3.63) is 83.7 Å². The Morgan fingerprint density at radius 1 is 0.973 bits per heavy atom. The minimum Gasteiger partial charge on any atom is -0.493 e. The molecule has 0 aliphatic heterocycles. The van der Waals surface area contributed by atoms with Gasteiger partial charge in [0, 0.05) is 17.2 Å². The molecule has 0 amide bonds. The summed E-state index contributed by atoms with van der Waals surface area (Å²) in [5, 5.41) is 0.205. The second-order valence-corrected chi connectivity index (χ2v) is 12.9. The molecule has 0 unspecified atom stereocenters. The van der Waals surface area contributed by atoms with Crippen molar-refractivity contribution in [3.8, 4) is 27.4 Å². The van der Waals surface area contributed by atoms with Gasteiger partial charge in [0.15, 0.2) is 5.13 Å². The molecule has 1 N–H and O–H groups in total. The van der Waals surface area contributed by atoms with Crippen LogP contribution in [-0.4, -0.2) is 20.0 Å². The van der Waals surface area contributed by atoms with E-state index in [1.807, 2.05) is 32.0 Å². The topological polar surface area (TPSA) is 68.3 Å². The first kappa shape index (κ1) is 26.8. The van der Waals surface area contributed by atoms with E-state index < -0.39 is 15.8 Å². The zero-order chi connectivity index (χ0) is 26.8. The largest absolute Gasteiger partial charge is 0.493 e. The number of aryl methyl sites for hydroxylation is 2. The van der Waals surface area contributed by atoms with Gasteiger partial charge in [-0.15, -0.1) is 0 Å². The van der Waals surface area contributed by atoms with E-state index >= 15 is 0 Å². The zero-order valence-electron chi connectivity index (χ0n) is 21.6. The molecule has 3 aromatic carbocycles. The first-order chi connectivity index (χ1) is 17.4. The summed E-state index contributed by atoms with van der Waals surface area (Å²) in [5.74, 6) is -0.0120. The van der Waals surface area contributed by atoms with Crippen LogP contribution in [0.2, 0.25) is 0 Å². The van der Waals surface area contributed by atoms with Gasteiger partial charge in [0.25, 0.3) is 10.0 Å². The third-order valence-electron chi connectivity index (χ3n) is 5.87. The van der Waals surface area contributed by atoms with Crippen molar-refractivity contribution in [2.75, 3.05) is 11.3 Å². The molecule has 1 heterocycles. The van der Waals surface area contributed by atoms with Crippen molar-refractivity contribution < 1.29 is 17.5 Å². The highest BCUT2D eigenvalue weighted by atomic mass is 32.2. The molecule has 37 heavy (non-hydrogen) atoms. The number of thiazole rings is 1. The SMILES string of the molecule is Cc1cccc(C)c1-c1nc(NS(=O)(=O)c2ccccc2)sc1-c1cc(F)cc(OCCC(C)(C)C)c1. The average molecular weight is 539 g/mol. The van der Waals surface area contributed by atoms with Crippen molar-refractivity contribution in [1.29, 1.82) is 0 Å². The second-order valence-electron chi connectivity index (χ2n) is 10.2. The van der Waals surface area contributed by atoms with E-state index in [0.29, 0.717) is 28.5 Å². The molecule has 0 fully saturated rings. The van der Waals surface area contributed by atoms with Crippen molar-refractivity contribution >= 4 is 26.5 Å². The highest BCUT2D eigenvalue weighted by Gasteiger charge is 2.23. The molecule has 5 nitrogen and oxygen atoms in total. The monoisotopic (exact) mass is 538 g/mol. The van der Waals surface area contributed by atoms with Crippen LogP contribution in [-0.2, 0) is 10.0 Å². The van der Waals surface area contributed by atoms with Gasteiger partial charge in [-0.05, 0) is 61.1 Å². The van der Waals surface area contributed by atoms with Crippen LogP contribution < -0.4 is 9.46 Å². The van der Waals surface area contributed by atoms with Crippen LogP contribution in [0.4, 0.5) is 9.52 Å². The number of nitrogens with one attached hydrogen (secondary N) is 1. The van der Waals surface area contributed by atoms with E-state index in [4.69, 9.17) is 9.72 Å². The van der Waals surface area contributed by atoms with Crippen LogP contribution in [0.1, 0.15) is 38.3 Å². The molecule has 0 radical (unpaired) electrons. The summed E-state index contributed by atoms with van der Waals surface area (Å²) in [6.07, 6.45) is 0.818. The lowest BCUT2D eigenvalue weighted by atomic mass is 9.93. The van der Waals surface area contributed by atoms with Gasteiger partial charge in [-0.3, -0.25) is 4.72 Å². The maximum absolute atomic E-state index is 14.8. The predicted molar refractivity (Wildman–Crippen MR) is 149 cm³/mol. The van der Waals surface area contributed by atoms with Crippen LogP contribution in [0, 0.1) is 25.1 Å². The Morgan fingerprint density at radius 3 is 2.30 bits per heavy atom. The van der Waals surface area contributed by atoms with Gasteiger partial charge in [0.1, 0.15) is 11.6 Å². The standard InChI is InChI=1S/C29H31FN2O3S2/c1-19-10-9-11-20(2)25(19)26-27(21-16-22(30)18-23(17-21)35-15-14-29(3,4)5)36-28(31-26)32-37(33,34)24-12-7-6-8-13-24/h6-13,16-18H,14-15H2,1-5H3,(H,31,32). The summed E-state index contributed by atoms with van der Waals surface area (Å²) in [6.45, 7) is 10.8. The summed E-state index contributed by atoms with van der Waals surface area (Å²) in [6, 6.07) is 18.6. The van der Waals surface area contributed by atoms with Gasteiger partial charge in [-0.25, -0.2) is 17.8 Å². The van der Waals surface area contributed by atoms with Crippen molar-refractivity contribution in [2.24, 2.45) is 5.41 Å². The summed E-state index contributed by atoms with van der Waals surface area (Å²) < 4.78 is 49.3. The van der Waals surface area contributed by atoms with Crippen LogP contribution in [0.25, 0.3) is 21.7 Å². The molecule has 0 bridgehead atoms. The lowest BCUT2D eigenvalue weighted by Gasteiger charge is -2.18. The number of ether oxygens (including phenoxy) is 1. The predicted octanol–water partition coefficient (Wildman–Crippen LogP) is 7.85. The number of rotatable bonds is 8. The highest BCUT2D eigenvalue weighted by molar-refractivity contribution is 7.93. The van der Waals surface area contributed by atoms with Crippen LogP contribution in [0.3, 0.4) is 0 Å². The Morgan fingerprint density at radius 2 is 1.65 bits per heavy atom. The second kappa shape index (κ2) is 10.6. The number of hydrogen-bond acceptors (Lipinski definition) is 5. The fraction of sp³-hybridized carbons (Fsp3) is 0.276. The van der Waals surface area contributed by atoms with Crippen LogP contribution >= 0.6 is 11.3 Å². The first-order valence-corrected chi connectivity index (χ1v) is 14.3. The molecule has 4 aromatic rings. The molecule has 0 spiro atoms. The van der Waals surface area contributed by atoms with Gasteiger partial charge >= 0.3 is 0 Å². The van der Waals surface area contributed by atoms with Crippen LogP contribution in [0.15, 0.2) is 71.6 Å². The minimum absolute atomic E-state index is 0.0914. The fourth-order valence-corrected chi connectivity index (χ4v) is 6.16. The van der Waals surface area contributed by atoms with E-state index in [-0.39, 0.29) is 15.4 Å². The number of anilines is 1. The quantitative estimate of drug-likeness (QED) is 0.248. The molecule has 0 aliphatic carbocycles. The van der Waals surface area contributed by atoms with Gasteiger partial charge in [-0.1, -0.05) is 68.5 Å². The molecule has 0 atom stereocenters. The van der Waals surface area contributed by atoms with Gasteiger partial charge in [0.2, 0.25) is 0 Å².